The second kappa shape index (κ2) is 13.0. The molecule has 7 heteroatoms. The van der Waals surface area contributed by atoms with Gasteiger partial charge in [-0.15, -0.1) is 0 Å². The largest absolute Gasteiger partial charge is 0.487 e. The minimum Gasteiger partial charge on any atom is -0.487 e. The number of carboxylic acid groups (broad SMARTS) is 1. The highest BCUT2D eigenvalue weighted by Gasteiger charge is 2.25. The molecule has 1 atom stereocenters. The molecule has 198 valence electrons. The summed E-state index contributed by atoms with van der Waals surface area (Å²) in [5.41, 5.74) is 3.99. The zero-order chi connectivity index (χ0) is 26.2. The monoisotopic (exact) mass is 524 g/mol. The third-order valence-corrected chi connectivity index (χ3v) is 7.60. The third kappa shape index (κ3) is 7.29. The van der Waals surface area contributed by atoms with E-state index in [1.807, 2.05) is 42.5 Å². The summed E-state index contributed by atoms with van der Waals surface area (Å²) in [4.78, 5) is 28.9. The van der Waals surface area contributed by atoms with Crippen LogP contribution in [-0.2, 0) is 22.6 Å². The third-order valence-electron chi connectivity index (χ3n) is 7.37. The van der Waals surface area contributed by atoms with E-state index in [1.54, 1.807) is 11.9 Å². The molecule has 1 amide bonds. The molecular weight excluding hydrogens is 488 g/mol. The molecular formula is C30H37ClN2O4. The smallest absolute Gasteiger partial charge is 0.310 e. The van der Waals surface area contributed by atoms with Crippen molar-refractivity contribution < 1.29 is 19.4 Å². The van der Waals surface area contributed by atoms with Crippen molar-refractivity contribution >= 4 is 29.2 Å². The molecule has 2 aliphatic rings. The zero-order valence-electron chi connectivity index (χ0n) is 21.6. The highest BCUT2D eigenvalue weighted by molar-refractivity contribution is 6.30. The molecule has 0 saturated carbocycles. The van der Waals surface area contributed by atoms with Crippen molar-refractivity contribution in [2.24, 2.45) is 0 Å². The van der Waals surface area contributed by atoms with Crippen LogP contribution in [-0.4, -0.2) is 48.6 Å². The van der Waals surface area contributed by atoms with E-state index >= 15 is 0 Å². The van der Waals surface area contributed by atoms with Crippen molar-refractivity contribution in [2.45, 2.75) is 63.9 Å². The molecule has 4 rings (SSSR count). The number of benzene rings is 2. The number of carboxylic acids is 1. The van der Waals surface area contributed by atoms with E-state index in [2.05, 4.69) is 11.0 Å². The Kier molecular flexibility index (Phi) is 9.51. The summed E-state index contributed by atoms with van der Waals surface area (Å²) in [6.45, 7) is 2.72. The second-order valence-electron chi connectivity index (χ2n) is 10.0. The van der Waals surface area contributed by atoms with Crippen LogP contribution in [0.4, 0.5) is 5.69 Å². The lowest BCUT2D eigenvalue weighted by atomic mass is 9.93. The Hall–Kier alpha value is -2.99. The van der Waals surface area contributed by atoms with E-state index in [0.29, 0.717) is 18.7 Å². The van der Waals surface area contributed by atoms with Gasteiger partial charge in [-0.1, -0.05) is 35.9 Å². The maximum atomic E-state index is 12.6. The average molecular weight is 525 g/mol. The molecule has 2 bridgehead atoms. The fourth-order valence-corrected chi connectivity index (χ4v) is 5.32. The molecule has 0 spiro atoms. The van der Waals surface area contributed by atoms with Crippen LogP contribution in [0.15, 0.2) is 48.6 Å². The van der Waals surface area contributed by atoms with Gasteiger partial charge in [-0.05, 0) is 85.9 Å². The molecule has 37 heavy (non-hydrogen) atoms. The van der Waals surface area contributed by atoms with Gasteiger partial charge in [0.15, 0.2) is 0 Å². The summed E-state index contributed by atoms with van der Waals surface area (Å²) >= 11 is 6.28. The highest BCUT2D eigenvalue weighted by atomic mass is 35.5. The molecule has 0 aromatic heterocycles. The van der Waals surface area contributed by atoms with Gasteiger partial charge in [0.1, 0.15) is 12.4 Å². The van der Waals surface area contributed by atoms with Crippen LogP contribution in [0.25, 0.3) is 0 Å². The van der Waals surface area contributed by atoms with Crippen molar-refractivity contribution in [1.29, 1.82) is 0 Å². The van der Waals surface area contributed by atoms with E-state index < -0.39 is 11.9 Å². The summed E-state index contributed by atoms with van der Waals surface area (Å²) in [5.74, 6) is -0.949. The van der Waals surface area contributed by atoms with Crippen molar-refractivity contribution in [3.63, 3.8) is 0 Å². The molecule has 2 aromatic rings. The first-order valence-corrected chi connectivity index (χ1v) is 13.7. The number of nitrogens with zero attached hydrogens (tertiary/aromatic N) is 2. The summed E-state index contributed by atoms with van der Waals surface area (Å²) < 4.78 is 6.37. The second-order valence-corrected chi connectivity index (χ2v) is 10.5. The lowest BCUT2D eigenvalue weighted by Crippen LogP contribution is -2.28. The van der Waals surface area contributed by atoms with Crippen LogP contribution in [0.5, 0.6) is 5.75 Å². The lowest BCUT2D eigenvalue weighted by Gasteiger charge is -2.28. The first-order valence-electron chi connectivity index (χ1n) is 13.3. The fraction of sp³-hybridized carbons (Fsp3) is 0.467. The van der Waals surface area contributed by atoms with Crippen LogP contribution >= 0.6 is 11.6 Å². The van der Waals surface area contributed by atoms with Crippen molar-refractivity contribution in [3.8, 4) is 5.75 Å². The number of anilines is 1. The van der Waals surface area contributed by atoms with E-state index in [0.717, 1.165) is 73.6 Å². The molecule has 1 N–H and O–H groups in total. The fourth-order valence-electron chi connectivity index (χ4n) is 5.12. The topological polar surface area (TPSA) is 70.1 Å². The maximum absolute atomic E-state index is 12.6. The number of carbonyl (C=O) groups excluding carboxylic acids is 1. The molecule has 0 unspecified atom stereocenters. The Morgan fingerprint density at radius 3 is 2.62 bits per heavy atom. The van der Waals surface area contributed by atoms with E-state index in [9.17, 15) is 14.7 Å². The van der Waals surface area contributed by atoms with Crippen LogP contribution < -0.4 is 9.64 Å². The number of rotatable bonds is 1. The number of hydrogen-bond acceptors (Lipinski definition) is 4. The number of likely N-dealkylation sites (N-methyl/N-ethyl adjacent to an activating group) is 1. The van der Waals surface area contributed by atoms with Crippen molar-refractivity contribution in [1.82, 2.24) is 4.90 Å². The SMILES string of the molecule is CN1C/C=C/CCCCN2CCCCc3cc(Cl)ccc3COc3ccc(cc32)[C@@H](C(=O)O)CCC1=O. The molecule has 2 aliphatic heterocycles. The summed E-state index contributed by atoms with van der Waals surface area (Å²) in [6.07, 6.45) is 10.6. The van der Waals surface area contributed by atoms with Gasteiger partial charge in [0.25, 0.3) is 0 Å². The minimum absolute atomic E-state index is 0.0399. The number of halogens is 1. The normalized spacial score (nSPS) is 20.8. The van der Waals surface area contributed by atoms with Gasteiger partial charge in [0.05, 0.1) is 11.6 Å². The predicted octanol–water partition coefficient (Wildman–Crippen LogP) is 6.21. The predicted molar refractivity (Wildman–Crippen MR) is 148 cm³/mol. The Morgan fingerprint density at radius 1 is 1.00 bits per heavy atom. The number of aliphatic carboxylic acids is 1. The Balaban J connectivity index is 1.69. The van der Waals surface area contributed by atoms with Crippen LogP contribution in [0, 0.1) is 0 Å². The number of fused-ring (bicyclic) bond motifs is 2. The first-order chi connectivity index (χ1) is 17.9. The number of allylic oxidation sites excluding steroid dienone is 1. The standard InChI is InChI=1S/C30H37ClN2O4/c1-32-16-6-3-2-4-7-17-33-18-8-5-9-22-19-25(31)12-10-24(22)21-37-28-14-11-23(20-27(28)33)26(30(35)36)13-15-29(32)34/h3,6,10-12,14,19-20,26H,2,4-5,7-9,13,15-18,21H2,1H3,(H,35,36)/b6-3+/t26-/m0/s1. The van der Waals surface area contributed by atoms with Gasteiger partial charge in [-0.2, -0.15) is 0 Å². The molecule has 2 aromatic carbocycles. The van der Waals surface area contributed by atoms with Crippen molar-refractivity contribution in [3.05, 3.63) is 70.3 Å². The molecule has 0 saturated heterocycles. The van der Waals surface area contributed by atoms with Gasteiger partial charge in [0, 0.05) is 38.1 Å². The van der Waals surface area contributed by atoms with Gasteiger partial charge in [0.2, 0.25) is 5.91 Å². The number of amides is 1. The quantitative estimate of drug-likeness (QED) is 0.449. The van der Waals surface area contributed by atoms with Gasteiger partial charge in [-0.3, -0.25) is 9.59 Å². The Morgan fingerprint density at radius 2 is 1.81 bits per heavy atom. The van der Waals surface area contributed by atoms with Gasteiger partial charge >= 0.3 is 5.97 Å². The molecule has 2 heterocycles. The van der Waals surface area contributed by atoms with Crippen LogP contribution in [0.2, 0.25) is 5.02 Å². The number of aryl methyl sites for hydroxylation is 1. The van der Waals surface area contributed by atoms with E-state index in [-0.39, 0.29) is 18.7 Å². The van der Waals surface area contributed by atoms with E-state index in [1.165, 1.54) is 5.56 Å². The molecule has 6 nitrogen and oxygen atoms in total. The molecule has 0 radical (unpaired) electrons. The highest BCUT2D eigenvalue weighted by Crippen LogP contribution is 2.36. The zero-order valence-corrected chi connectivity index (χ0v) is 22.4. The Bertz CT molecular complexity index is 1130. The van der Waals surface area contributed by atoms with Crippen LogP contribution in [0.3, 0.4) is 0 Å². The average Bonchev–Trinajstić information content (AvgIpc) is 2.90. The number of carbonyl (C=O) groups is 2. The molecule has 0 aliphatic carbocycles. The summed E-state index contributed by atoms with van der Waals surface area (Å²) in [5, 5.41) is 10.8. The summed E-state index contributed by atoms with van der Waals surface area (Å²) in [6, 6.07) is 11.7. The lowest BCUT2D eigenvalue weighted by molar-refractivity contribution is -0.139. The Labute approximate surface area is 224 Å². The first kappa shape index (κ1) is 27.1. The van der Waals surface area contributed by atoms with Gasteiger partial charge < -0.3 is 19.6 Å². The van der Waals surface area contributed by atoms with Gasteiger partial charge in [-0.25, -0.2) is 0 Å². The van der Waals surface area contributed by atoms with E-state index in [4.69, 9.17) is 16.3 Å². The number of hydrogen-bond donors (Lipinski definition) is 1. The van der Waals surface area contributed by atoms with Crippen molar-refractivity contribution in [2.75, 3.05) is 31.6 Å². The maximum Gasteiger partial charge on any atom is 0.310 e. The number of ether oxygens (including phenoxy) is 1. The minimum atomic E-state index is -0.911. The summed E-state index contributed by atoms with van der Waals surface area (Å²) in [7, 11) is 1.77. The molecule has 0 fully saturated rings. The van der Waals surface area contributed by atoms with Crippen LogP contribution in [0.1, 0.15) is 67.6 Å².